The highest BCUT2D eigenvalue weighted by atomic mass is 35.5. The Hall–Kier alpha value is -0.320. The lowest BCUT2D eigenvalue weighted by Crippen LogP contribution is -2.30. The van der Waals surface area contributed by atoms with Crippen molar-refractivity contribution in [1.29, 1.82) is 0 Å². The van der Waals surface area contributed by atoms with E-state index in [-0.39, 0.29) is 18.3 Å². The maximum atomic E-state index is 11.7. The minimum atomic E-state index is 0. The Morgan fingerprint density at radius 3 is 2.79 bits per heavy atom. The molecule has 2 atom stereocenters. The van der Waals surface area contributed by atoms with Gasteiger partial charge in [0.25, 0.3) is 0 Å². The minimum Gasteiger partial charge on any atom is -0.378 e. The Kier molecular flexibility index (Phi) is 8.42. The maximum Gasteiger partial charge on any atom is 0.220 e. The monoisotopic (exact) mass is 290 g/mol. The van der Waals surface area contributed by atoms with E-state index in [4.69, 9.17) is 4.74 Å². The van der Waals surface area contributed by atoms with Crippen LogP contribution < -0.4 is 10.6 Å². The lowest BCUT2D eigenvalue weighted by molar-refractivity contribution is -0.121. The summed E-state index contributed by atoms with van der Waals surface area (Å²) in [5, 5.41) is 6.43. The van der Waals surface area contributed by atoms with Crippen molar-refractivity contribution in [2.24, 2.45) is 0 Å². The van der Waals surface area contributed by atoms with Crippen molar-refractivity contribution < 1.29 is 9.53 Å². The Morgan fingerprint density at radius 2 is 2.11 bits per heavy atom. The molecule has 0 aromatic rings. The molecule has 2 rings (SSSR count). The fourth-order valence-electron chi connectivity index (χ4n) is 2.80. The van der Waals surface area contributed by atoms with E-state index >= 15 is 0 Å². The van der Waals surface area contributed by atoms with Crippen molar-refractivity contribution in [2.75, 3.05) is 19.7 Å². The minimum absolute atomic E-state index is 0. The van der Waals surface area contributed by atoms with E-state index < -0.39 is 0 Å². The van der Waals surface area contributed by atoms with Crippen LogP contribution in [-0.4, -0.2) is 37.7 Å². The SMILES string of the molecule is Cl.O=C(CCC1CCCN1)NCCC1CCCCO1. The van der Waals surface area contributed by atoms with E-state index in [9.17, 15) is 4.79 Å². The summed E-state index contributed by atoms with van der Waals surface area (Å²) in [6.45, 7) is 2.78. The van der Waals surface area contributed by atoms with Gasteiger partial charge in [-0.3, -0.25) is 4.79 Å². The van der Waals surface area contributed by atoms with Gasteiger partial charge in [0.1, 0.15) is 0 Å². The normalized spacial score (nSPS) is 26.7. The molecule has 19 heavy (non-hydrogen) atoms. The van der Waals surface area contributed by atoms with Gasteiger partial charge in [0, 0.05) is 25.6 Å². The molecule has 0 spiro atoms. The zero-order valence-electron chi connectivity index (χ0n) is 11.7. The van der Waals surface area contributed by atoms with Crippen LogP contribution >= 0.6 is 12.4 Å². The van der Waals surface area contributed by atoms with Crippen molar-refractivity contribution >= 4 is 18.3 Å². The molecule has 0 saturated carbocycles. The van der Waals surface area contributed by atoms with Gasteiger partial charge in [-0.15, -0.1) is 12.4 Å². The average Bonchev–Trinajstić information content (AvgIpc) is 2.91. The van der Waals surface area contributed by atoms with Crippen LogP contribution in [0, 0.1) is 0 Å². The third kappa shape index (κ3) is 6.59. The first-order valence-corrected chi connectivity index (χ1v) is 7.46. The predicted octanol–water partition coefficient (Wildman–Crippen LogP) is 2.02. The number of halogens is 1. The smallest absolute Gasteiger partial charge is 0.220 e. The van der Waals surface area contributed by atoms with Crippen molar-refractivity contribution in [2.45, 2.75) is 63.5 Å². The molecule has 0 aromatic heterocycles. The fourth-order valence-corrected chi connectivity index (χ4v) is 2.80. The second kappa shape index (κ2) is 9.56. The summed E-state index contributed by atoms with van der Waals surface area (Å²) >= 11 is 0. The molecule has 0 aliphatic carbocycles. The van der Waals surface area contributed by atoms with Crippen LogP contribution in [-0.2, 0) is 9.53 Å². The first-order valence-electron chi connectivity index (χ1n) is 7.46. The van der Waals surface area contributed by atoms with Crippen molar-refractivity contribution in [3.63, 3.8) is 0 Å². The van der Waals surface area contributed by atoms with Gasteiger partial charge >= 0.3 is 0 Å². The molecule has 2 aliphatic heterocycles. The largest absolute Gasteiger partial charge is 0.378 e. The highest BCUT2D eigenvalue weighted by Crippen LogP contribution is 2.15. The van der Waals surface area contributed by atoms with Crippen LogP contribution in [0.2, 0.25) is 0 Å². The van der Waals surface area contributed by atoms with Gasteiger partial charge in [0.2, 0.25) is 5.91 Å². The summed E-state index contributed by atoms with van der Waals surface area (Å²) in [5.74, 6) is 0.194. The van der Waals surface area contributed by atoms with Gasteiger partial charge in [-0.25, -0.2) is 0 Å². The van der Waals surface area contributed by atoms with E-state index in [1.54, 1.807) is 0 Å². The zero-order chi connectivity index (χ0) is 12.6. The summed E-state index contributed by atoms with van der Waals surface area (Å²) in [4.78, 5) is 11.7. The van der Waals surface area contributed by atoms with Crippen LogP contribution in [0.3, 0.4) is 0 Å². The summed E-state index contributed by atoms with van der Waals surface area (Å²) in [6, 6.07) is 0.567. The van der Waals surface area contributed by atoms with Crippen LogP contribution in [0.5, 0.6) is 0 Å². The van der Waals surface area contributed by atoms with E-state index in [1.807, 2.05) is 0 Å². The molecular weight excluding hydrogens is 264 g/mol. The van der Waals surface area contributed by atoms with E-state index in [1.165, 1.54) is 25.7 Å². The lowest BCUT2D eigenvalue weighted by atomic mass is 10.1. The summed E-state index contributed by atoms with van der Waals surface area (Å²) < 4.78 is 5.64. The molecule has 5 heteroatoms. The molecule has 2 N–H and O–H groups in total. The molecule has 112 valence electrons. The zero-order valence-corrected chi connectivity index (χ0v) is 12.5. The Labute approximate surface area is 122 Å². The number of hydrogen-bond donors (Lipinski definition) is 2. The average molecular weight is 291 g/mol. The molecule has 2 aliphatic rings. The van der Waals surface area contributed by atoms with Crippen molar-refractivity contribution in [3.05, 3.63) is 0 Å². The van der Waals surface area contributed by atoms with Gasteiger partial charge in [0.15, 0.2) is 0 Å². The highest BCUT2D eigenvalue weighted by molar-refractivity contribution is 5.85. The number of hydrogen-bond acceptors (Lipinski definition) is 3. The van der Waals surface area contributed by atoms with Crippen LogP contribution in [0.15, 0.2) is 0 Å². The summed E-state index contributed by atoms with van der Waals surface area (Å²) in [5.41, 5.74) is 0. The van der Waals surface area contributed by atoms with Gasteiger partial charge in [-0.05, 0) is 51.5 Å². The van der Waals surface area contributed by atoms with E-state index in [2.05, 4.69) is 10.6 Å². The second-order valence-corrected chi connectivity index (χ2v) is 5.46. The number of carbonyl (C=O) groups excluding carboxylic acids is 1. The topological polar surface area (TPSA) is 50.4 Å². The third-order valence-electron chi connectivity index (χ3n) is 3.94. The Morgan fingerprint density at radius 1 is 1.21 bits per heavy atom. The number of amides is 1. The Balaban J connectivity index is 0.00000180. The van der Waals surface area contributed by atoms with Crippen LogP contribution in [0.1, 0.15) is 51.4 Å². The lowest BCUT2D eigenvalue weighted by Gasteiger charge is -2.22. The molecule has 4 nitrogen and oxygen atoms in total. The van der Waals surface area contributed by atoms with Crippen LogP contribution in [0.4, 0.5) is 0 Å². The standard InChI is InChI=1S/C14H26N2O2.ClH/c17-14(7-6-12-4-3-9-15-12)16-10-8-13-5-1-2-11-18-13;/h12-13,15H,1-11H2,(H,16,17);1H. The molecule has 2 saturated heterocycles. The number of ether oxygens (including phenoxy) is 1. The van der Waals surface area contributed by atoms with Gasteiger partial charge in [-0.1, -0.05) is 0 Å². The summed E-state index contributed by atoms with van der Waals surface area (Å²) in [7, 11) is 0. The van der Waals surface area contributed by atoms with E-state index in [0.717, 1.165) is 39.0 Å². The Bertz CT molecular complexity index is 252. The summed E-state index contributed by atoms with van der Waals surface area (Å²) in [6.07, 6.45) is 9.07. The van der Waals surface area contributed by atoms with Crippen molar-refractivity contribution in [1.82, 2.24) is 10.6 Å². The van der Waals surface area contributed by atoms with Crippen LogP contribution in [0.25, 0.3) is 0 Å². The first kappa shape index (κ1) is 16.7. The maximum absolute atomic E-state index is 11.7. The van der Waals surface area contributed by atoms with Crippen molar-refractivity contribution in [3.8, 4) is 0 Å². The second-order valence-electron chi connectivity index (χ2n) is 5.46. The molecule has 2 heterocycles. The first-order chi connectivity index (χ1) is 8.84. The fraction of sp³-hybridized carbons (Fsp3) is 0.929. The molecule has 0 radical (unpaired) electrons. The molecule has 0 aromatic carbocycles. The number of rotatable bonds is 6. The predicted molar refractivity (Wildman–Crippen MR) is 78.7 cm³/mol. The highest BCUT2D eigenvalue weighted by Gasteiger charge is 2.16. The van der Waals surface area contributed by atoms with Gasteiger partial charge < -0.3 is 15.4 Å². The van der Waals surface area contributed by atoms with Gasteiger partial charge in [0.05, 0.1) is 6.10 Å². The quantitative estimate of drug-likeness (QED) is 0.787. The third-order valence-corrected chi connectivity index (χ3v) is 3.94. The van der Waals surface area contributed by atoms with Gasteiger partial charge in [-0.2, -0.15) is 0 Å². The molecule has 0 bridgehead atoms. The molecule has 1 amide bonds. The van der Waals surface area contributed by atoms with E-state index in [0.29, 0.717) is 18.6 Å². The molecule has 2 unspecified atom stereocenters. The number of carbonyl (C=O) groups is 1. The molecule has 2 fully saturated rings. The molecular formula is C14H27ClN2O2. The number of nitrogens with one attached hydrogen (secondary N) is 2.